The largest absolute Gasteiger partial charge is 0.447 e. The summed E-state index contributed by atoms with van der Waals surface area (Å²) in [6, 6.07) is 15.5. The number of aromatic nitrogens is 1. The zero-order chi connectivity index (χ0) is 20.0. The van der Waals surface area contributed by atoms with Crippen molar-refractivity contribution in [3.63, 3.8) is 0 Å². The highest BCUT2D eigenvalue weighted by Gasteiger charge is 2.51. The number of rotatable bonds is 3. The number of piperazine rings is 1. The number of nitrogens with zero attached hydrogens (tertiary/aromatic N) is 3. The SMILES string of the molecule is Nc1nc2cccc(C(=O)N3CCN4C(=O)OCC4(Cc4ccccc4)C3)c2s1. The maximum Gasteiger partial charge on any atom is 0.410 e. The number of benzene rings is 2. The van der Waals surface area contributed by atoms with Gasteiger partial charge in [0.15, 0.2) is 5.13 Å². The summed E-state index contributed by atoms with van der Waals surface area (Å²) in [5.41, 5.74) is 7.75. The molecule has 3 aromatic rings. The summed E-state index contributed by atoms with van der Waals surface area (Å²) in [6.07, 6.45) is 0.339. The Morgan fingerprint density at radius 3 is 2.83 bits per heavy atom. The van der Waals surface area contributed by atoms with E-state index in [1.54, 1.807) is 4.90 Å². The van der Waals surface area contributed by atoms with Gasteiger partial charge in [-0.05, 0) is 17.7 Å². The molecule has 2 aromatic carbocycles. The van der Waals surface area contributed by atoms with Crippen molar-refractivity contribution in [3.05, 3.63) is 59.7 Å². The van der Waals surface area contributed by atoms with Crippen molar-refractivity contribution in [1.82, 2.24) is 14.8 Å². The summed E-state index contributed by atoms with van der Waals surface area (Å²) in [5, 5.41) is 0.445. The van der Waals surface area contributed by atoms with E-state index in [2.05, 4.69) is 4.98 Å². The zero-order valence-corrected chi connectivity index (χ0v) is 16.5. The van der Waals surface area contributed by atoms with Crippen molar-refractivity contribution >= 4 is 38.7 Å². The van der Waals surface area contributed by atoms with E-state index in [-0.39, 0.29) is 18.6 Å². The van der Waals surface area contributed by atoms with Crippen LogP contribution in [-0.2, 0) is 11.2 Å². The molecule has 1 unspecified atom stereocenters. The van der Waals surface area contributed by atoms with Gasteiger partial charge >= 0.3 is 6.09 Å². The molecule has 2 amide bonds. The number of nitrogen functional groups attached to an aromatic ring is 1. The first-order valence-corrected chi connectivity index (χ1v) is 10.3. The summed E-state index contributed by atoms with van der Waals surface area (Å²) in [5.74, 6) is -0.0642. The predicted molar refractivity (Wildman–Crippen MR) is 111 cm³/mol. The van der Waals surface area contributed by atoms with E-state index in [9.17, 15) is 9.59 Å². The first kappa shape index (κ1) is 17.9. The zero-order valence-electron chi connectivity index (χ0n) is 15.7. The molecule has 1 atom stereocenters. The molecular weight excluding hydrogens is 388 g/mol. The summed E-state index contributed by atoms with van der Waals surface area (Å²) in [6.45, 7) is 1.63. The second-order valence-corrected chi connectivity index (χ2v) is 8.56. The van der Waals surface area contributed by atoms with Crippen molar-refractivity contribution in [2.45, 2.75) is 12.0 Å². The average Bonchev–Trinajstić information content (AvgIpc) is 3.27. The summed E-state index contributed by atoms with van der Waals surface area (Å²) in [4.78, 5) is 33.6. The minimum Gasteiger partial charge on any atom is -0.447 e. The number of anilines is 1. The second kappa shape index (κ2) is 6.73. The lowest BCUT2D eigenvalue weighted by Crippen LogP contribution is -2.63. The summed E-state index contributed by atoms with van der Waals surface area (Å²) >= 11 is 1.32. The number of carbonyl (C=O) groups excluding carboxylic acids is 2. The number of thiazole rings is 1. The topological polar surface area (TPSA) is 88.8 Å². The number of fused-ring (bicyclic) bond motifs is 2. The van der Waals surface area contributed by atoms with E-state index in [0.717, 1.165) is 15.8 Å². The van der Waals surface area contributed by atoms with Crippen LogP contribution in [0.2, 0.25) is 0 Å². The van der Waals surface area contributed by atoms with E-state index < -0.39 is 5.54 Å². The van der Waals surface area contributed by atoms with E-state index in [4.69, 9.17) is 10.5 Å². The Hall–Kier alpha value is -3.13. The molecule has 0 bridgehead atoms. The first-order chi connectivity index (χ1) is 14.1. The highest BCUT2D eigenvalue weighted by Crippen LogP contribution is 2.34. The van der Waals surface area contributed by atoms with Crippen LogP contribution in [0.5, 0.6) is 0 Å². The van der Waals surface area contributed by atoms with Crippen molar-refractivity contribution in [3.8, 4) is 0 Å². The van der Waals surface area contributed by atoms with E-state index >= 15 is 0 Å². The number of nitrogens with two attached hydrogens (primary N) is 1. The number of amides is 2. The van der Waals surface area contributed by atoms with Gasteiger partial charge in [0, 0.05) is 26.1 Å². The third-order valence-corrected chi connectivity index (χ3v) is 6.59. The van der Waals surface area contributed by atoms with Gasteiger partial charge < -0.3 is 15.4 Å². The van der Waals surface area contributed by atoms with Crippen LogP contribution in [0.4, 0.5) is 9.93 Å². The molecule has 8 heteroatoms. The Kier molecular flexibility index (Phi) is 4.16. The standard InChI is InChI=1S/C21H20N4O3S/c22-19-23-16-8-4-7-15(17(16)29-19)18(26)24-9-10-25-20(27)28-13-21(25,12-24)11-14-5-2-1-3-6-14/h1-8H,9-13H2,(H2,22,23). The van der Waals surface area contributed by atoms with Crippen LogP contribution >= 0.6 is 11.3 Å². The Bertz CT molecular complexity index is 1100. The van der Waals surface area contributed by atoms with Gasteiger partial charge in [-0.3, -0.25) is 9.69 Å². The summed E-state index contributed by atoms with van der Waals surface area (Å²) < 4.78 is 6.21. The molecule has 148 valence electrons. The highest BCUT2D eigenvalue weighted by atomic mass is 32.1. The van der Waals surface area contributed by atoms with Gasteiger partial charge in [0.05, 0.1) is 15.8 Å². The molecule has 2 N–H and O–H groups in total. The number of hydrogen-bond acceptors (Lipinski definition) is 6. The van der Waals surface area contributed by atoms with Gasteiger partial charge in [-0.2, -0.15) is 0 Å². The van der Waals surface area contributed by atoms with Gasteiger partial charge in [-0.25, -0.2) is 9.78 Å². The van der Waals surface area contributed by atoms with Crippen molar-refractivity contribution < 1.29 is 14.3 Å². The molecule has 0 radical (unpaired) electrons. The fourth-order valence-electron chi connectivity index (χ4n) is 4.32. The molecule has 5 rings (SSSR count). The quantitative estimate of drug-likeness (QED) is 0.720. The van der Waals surface area contributed by atoms with Crippen LogP contribution in [0.25, 0.3) is 10.2 Å². The molecule has 1 aromatic heterocycles. The monoisotopic (exact) mass is 408 g/mol. The third kappa shape index (κ3) is 3.00. The Labute approximate surface area is 171 Å². The van der Waals surface area contributed by atoms with Gasteiger partial charge in [-0.15, -0.1) is 0 Å². The molecule has 29 heavy (non-hydrogen) atoms. The van der Waals surface area contributed by atoms with Crippen LogP contribution < -0.4 is 5.73 Å². The minimum absolute atomic E-state index is 0.0642. The maximum atomic E-state index is 13.4. The molecule has 0 saturated carbocycles. The predicted octanol–water partition coefficient (Wildman–Crippen LogP) is 2.77. The van der Waals surface area contributed by atoms with Gasteiger partial charge in [0.1, 0.15) is 12.1 Å². The fraction of sp³-hybridized carbons (Fsp3) is 0.286. The highest BCUT2D eigenvalue weighted by molar-refractivity contribution is 7.22. The Morgan fingerprint density at radius 1 is 1.17 bits per heavy atom. The van der Waals surface area contributed by atoms with Crippen molar-refractivity contribution in [2.75, 3.05) is 32.0 Å². The summed E-state index contributed by atoms with van der Waals surface area (Å²) in [7, 11) is 0. The number of hydrogen-bond donors (Lipinski definition) is 1. The van der Waals surface area contributed by atoms with Gasteiger partial charge in [0.2, 0.25) is 0 Å². The fourth-order valence-corrected chi connectivity index (χ4v) is 5.15. The van der Waals surface area contributed by atoms with Crippen molar-refractivity contribution in [2.24, 2.45) is 0 Å². The van der Waals surface area contributed by atoms with E-state index in [0.29, 0.717) is 36.8 Å². The van der Waals surface area contributed by atoms with Crippen LogP contribution in [0.15, 0.2) is 48.5 Å². The molecule has 2 saturated heterocycles. The van der Waals surface area contributed by atoms with Crippen LogP contribution in [-0.4, -0.2) is 58.6 Å². The van der Waals surface area contributed by atoms with Gasteiger partial charge in [0.25, 0.3) is 5.91 Å². The van der Waals surface area contributed by atoms with Crippen LogP contribution in [0.3, 0.4) is 0 Å². The molecule has 2 fully saturated rings. The third-order valence-electron chi connectivity index (χ3n) is 5.66. The first-order valence-electron chi connectivity index (χ1n) is 9.48. The number of ether oxygens (including phenoxy) is 1. The second-order valence-electron chi connectivity index (χ2n) is 7.53. The van der Waals surface area contributed by atoms with Crippen LogP contribution in [0.1, 0.15) is 15.9 Å². The number of cyclic esters (lactones) is 1. The van der Waals surface area contributed by atoms with E-state index in [1.807, 2.05) is 53.4 Å². The lowest BCUT2D eigenvalue weighted by Gasteiger charge is -2.44. The normalized spacial score (nSPS) is 21.3. The molecule has 0 aliphatic carbocycles. The molecular formula is C21H20N4O3S. The smallest absolute Gasteiger partial charge is 0.410 e. The minimum atomic E-state index is -0.549. The van der Waals surface area contributed by atoms with Crippen molar-refractivity contribution in [1.29, 1.82) is 0 Å². The average molecular weight is 408 g/mol. The Balaban J connectivity index is 1.47. The number of carbonyl (C=O) groups is 2. The maximum absolute atomic E-state index is 13.4. The van der Waals surface area contributed by atoms with Gasteiger partial charge in [-0.1, -0.05) is 47.7 Å². The van der Waals surface area contributed by atoms with E-state index in [1.165, 1.54) is 11.3 Å². The molecule has 0 spiro atoms. The Morgan fingerprint density at radius 2 is 2.00 bits per heavy atom. The lowest BCUT2D eigenvalue weighted by atomic mass is 9.88. The molecule has 7 nitrogen and oxygen atoms in total. The molecule has 3 heterocycles. The lowest BCUT2D eigenvalue weighted by molar-refractivity contribution is 0.0377. The molecule has 2 aliphatic heterocycles. The molecule has 2 aliphatic rings. The van der Waals surface area contributed by atoms with Crippen LogP contribution in [0, 0.1) is 0 Å².